The minimum absolute atomic E-state index is 0.178. The molecule has 0 N–H and O–H groups in total. The summed E-state index contributed by atoms with van der Waals surface area (Å²) in [4.78, 5) is 24.3. The maximum Gasteiger partial charge on any atom is 0.350 e. The zero-order chi connectivity index (χ0) is 15.8. The topological polar surface area (TPSA) is 78.6 Å². The Morgan fingerprint density at radius 2 is 1.22 bits per heavy atom. The number of pyridine rings is 2. The Morgan fingerprint density at radius 3 is 1.65 bits per heavy atom. The number of aromatic nitrogens is 6. The highest BCUT2D eigenvalue weighted by molar-refractivity contribution is 5.36. The van der Waals surface area contributed by atoms with E-state index < -0.39 is 0 Å². The summed E-state index contributed by atoms with van der Waals surface area (Å²) in [6, 6.07) is 10.8. The van der Waals surface area contributed by atoms with Gasteiger partial charge in [-0.3, -0.25) is 8.80 Å². The van der Waals surface area contributed by atoms with E-state index in [9.17, 15) is 9.59 Å². The van der Waals surface area contributed by atoms with E-state index in [1.807, 2.05) is 12.1 Å². The predicted molar refractivity (Wildman–Crippen MR) is 83.5 cm³/mol. The molecular weight excluding hydrogens is 296 g/mol. The number of aryl methyl sites for hydroxylation is 2. The fourth-order valence-corrected chi connectivity index (χ4v) is 2.60. The fourth-order valence-electron chi connectivity index (χ4n) is 2.60. The molecule has 0 amide bonds. The monoisotopic (exact) mass is 310 g/mol. The van der Waals surface area contributed by atoms with Crippen LogP contribution in [0, 0.1) is 0 Å². The summed E-state index contributed by atoms with van der Waals surface area (Å²) in [5, 5.41) is 8.53. The smallest absolute Gasteiger partial charge is 0.250 e. The van der Waals surface area contributed by atoms with Crippen LogP contribution in [-0.2, 0) is 13.1 Å². The van der Waals surface area contributed by atoms with E-state index >= 15 is 0 Å². The molecule has 0 spiro atoms. The van der Waals surface area contributed by atoms with Crippen molar-refractivity contribution in [2.75, 3.05) is 0 Å². The zero-order valence-electron chi connectivity index (χ0n) is 12.2. The molecule has 4 heterocycles. The van der Waals surface area contributed by atoms with Crippen LogP contribution in [0.25, 0.3) is 11.3 Å². The molecule has 0 fully saturated rings. The average Bonchev–Trinajstić information content (AvgIpc) is 3.07. The average molecular weight is 310 g/mol. The molecule has 0 aliphatic heterocycles. The minimum Gasteiger partial charge on any atom is -0.250 e. The van der Waals surface area contributed by atoms with Crippen molar-refractivity contribution in [3.63, 3.8) is 0 Å². The van der Waals surface area contributed by atoms with Gasteiger partial charge in [0.15, 0.2) is 11.3 Å². The first-order valence-corrected chi connectivity index (χ1v) is 7.32. The van der Waals surface area contributed by atoms with Gasteiger partial charge in [-0.05, 0) is 30.7 Å². The molecule has 0 bridgehead atoms. The van der Waals surface area contributed by atoms with Crippen molar-refractivity contribution in [1.82, 2.24) is 28.4 Å². The third-order valence-electron chi connectivity index (χ3n) is 3.72. The first-order valence-electron chi connectivity index (χ1n) is 7.32. The molecule has 0 aliphatic carbocycles. The Balaban J connectivity index is 1.54. The van der Waals surface area contributed by atoms with Crippen molar-refractivity contribution in [1.29, 1.82) is 0 Å². The summed E-state index contributed by atoms with van der Waals surface area (Å²) in [6.07, 6.45) is 3.97. The molecule has 0 radical (unpaired) electrons. The Labute approximate surface area is 129 Å². The Morgan fingerprint density at radius 1 is 0.739 bits per heavy atom. The van der Waals surface area contributed by atoms with Crippen LogP contribution in [0.3, 0.4) is 0 Å². The maximum absolute atomic E-state index is 12.2. The Bertz CT molecular complexity index is 1010. The molecular formula is C15H14N6O2. The number of hydrogen-bond donors (Lipinski definition) is 0. The van der Waals surface area contributed by atoms with E-state index in [0.29, 0.717) is 30.8 Å². The molecule has 0 atom stereocenters. The van der Waals surface area contributed by atoms with Crippen molar-refractivity contribution < 1.29 is 0 Å². The molecule has 0 unspecified atom stereocenters. The van der Waals surface area contributed by atoms with Gasteiger partial charge in [0.2, 0.25) is 0 Å². The van der Waals surface area contributed by atoms with Crippen molar-refractivity contribution in [2.24, 2.45) is 0 Å². The highest BCUT2D eigenvalue weighted by atomic mass is 16.2. The van der Waals surface area contributed by atoms with Crippen molar-refractivity contribution >= 4 is 11.3 Å². The van der Waals surface area contributed by atoms with E-state index in [1.54, 1.807) is 36.7 Å². The van der Waals surface area contributed by atoms with Crippen LogP contribution in [0.4, 0.5) is 0 Å². The SMILES string of the molecule is O=c1n(CCCn2nc3ccccn3c2=O)nc2ccccn12. The van der Waals surface area contributed by atoms with Gasteiger partial charge in [0.05, 0.1) is 0 Å². The highest BCUT2D eigenvalue weighted by Gasteiger charge is 2.08. The Kier molecular flexibility index (Phi) is 3.07. The van der Waals surface area contributed by atoms with Gasteiger partial charge in [0.1, 0.15) is 0 Å². The lowest BCUT2D eigenvalue weighted by Crippen LogP contribution is -2.24. The molecule has 0 aliphatic rings. The largest absolute Gasteiger partial charge is 0.350 e. The summed E-state index contributed by atoms with van der Waals surface area (Å²) < 4.78 is 5.82. The first kappa shape index (κ1) is 13.5. The van der Waals surface area contributed by atoms with Gasteiger partial charge >= 0.3 is 11.4 Å². The van der Waals surface area contributed by atoms with Gasteiger partial charge in [0, 0.05) is 25.5 Å². The van der Waals surface area contributed by atoms with Crippen molar-refractivity contribution in [3.05, 3.63) is 69.8 Å². The summed E-state index contributed by atoms with van der Waals surface area (Å²) >= 11 is 0. The van der Waals surface area contributed by atoms with Gasteiger partial charge in [-0.2, -0.15) is 0 Å². The Hall–Kier alpha value is -3.16. The molecule has 4 aromatic heterocycles. The molecule has 4 rings (SSSR count). The van der Waals surface area contributed by atoms with Crippen LogP contribution in [0.5, 0.6) is 0 Å². The number of fused-ring (bicyclic) bond motifs is 2. The number of rotatable bonds is 4. The summed E-state index contributed by atoms with van der Waals surface area (Å²) in [7, 11) is 0. The van der Waals surface area contributed by atoms with E-state index in [4.69, 9.17) is 0 Å². The first-order chi connectivity index (χ1) is 11.2. The predicted octanol–water partition coefficient (Wildman–Crippen LogP) is 0.396. The molecule has 8 nitrogen and oxygen atoms in total. The van der Waals surface area contributed by atoms with Crippen LogP contribution < -0.4 is 11.4 Å². The fraction of sp³-hybridized carbons (Fsp3) is 0.200. The molecule has 0 aromatic carbocycles. The second kappa shape index (κ2) is 5.24. The highest BCUT2D eigenvalue weighted by Crippen LogP contribution is 1.98. The lowest BCUT2D eigenvalue weighted by atomic mass is 10.4. The van der Waals surface area contributed by atoms with E-state index in [2.05, 4.69) is 10.2 Å². The quantitative estimate of drug-likeness (QED) is 0.546. The summed E-state index contributed by atoms with van der Waals surface area (Å²) in [6.45, 7) is 0.863. The molecule has 4 aromatic rings. The summed E-state index contributed by atoms with van der Waals surface area (Å²) in [5.41, 5.74) is 0.871. The zero-order valence-corrected chi connectivity index (χ0v) is 12.2. The molecule has 8 heteroatoms. The summed E-state index contributed by atoms with van der Waals surface area (Å²) in [5.74, 6) is 0. The standard InChI is InChI=1S/C15H14N6O2/c22-14-18-8-3-1-6-12(18)16-20(14)10-5-11-21-15(23)19-9-4-2-7-13(19)17-21/h1-4,6-9H,5,10-11H2. The van der Waals surface area contributed by atoms with Crippen LogP contribution in [0.15, 0.2) is 58.4 Å². The van der Waals surface area contributed by atoms with E-state index in [-0.39, 0.29) is 11.4 Å². The third kappa shape index (κ3) is 2.24. The van der Waals surface area contributed by atoms with Crippen LogP contribution >= 0.6 is 0 Å². The number of hydrogen-bond acceptors (Lipinski definition) is 4. The lowest BCUT2D eigenvalue weighted by Gasteiger charge is -1.99. The van der Waals surface area contributed by atoms with Crippen molar-refractivity contribution in [2.45, 2.75) is 19.5 Å². The van der Waals surface area contributed by atoms with Crippen LogP contribution in [-0.4, -0.2) is 28.4 Å². The molecule has 23 heavy (non-hydrogen) atoms. The van der Waals surface area contributed by atoms with Crippen LogP contribution in [0.2, 0.25) is 0 Å². The van der Waals surface area contributed by atoms with Gasteiger partial charge in [-0.25, -0.2) is 19.0 Å². The van der Waals surface area contributed by atoms with E-state index in [1.165, 1.54) is 18.2 Å². The molecule has 0 saturated carbocycles. The molecule has 116 valence electrons. The molecule has 0 saturated heterocycles. The van der Waals surface area contributed by atoms with Gasteiger partial charge < -0.3 is 0 Å². The lowest BCUT2D eigenvalue weighted by molar-refractivity contribution is 0.484. The second-order valence-corrected chi connectivity index (χ2v) is 5.22. The van der Waals surface area contributed by atoms with Gasteiger partial charge in [-0.1, -0.05) is 12.1 Å². The minimum atomic E-state index is -0.178. The number of nitrogens with zero attached hydrogens (tertiary/aromatic N) is 6. The van der Waals surface area contributed by atoms with Gasteiger partial charge in [0.25, 0.3) is 0 Å². The second-order valence-electron chi connectivity index (χ2n) is 5.22. The van der Waals surface area contributed by atoms with Crippen LogP contribution in [0.1, 0.15) is 6.42 Å². The van der Waals surface area contributed by atoms with E-state index in [0.717, 1.165) is 0 Å². The maximum atomic E-state index is 12.2. The van der Waals surface area contributed by atoms with Gasteiger partial charge in [-0.15, -0.1) is 10.2 Å². The third-order valence-corrected chi connectivity index (χ3v) is 3.72. The normalized spacial score (nSPS) is 11.5. The van der Waals surface area contributed by atoms with Crippen molar-refractivity contribution in [3.8, 4) is 0 Å².